The molecule has 25 heavy (non-hydrogen) atoms. The summed E-state index contributed by atoms with van der Waals surface area (Å²) < 4.78 is 27.0. The van der Waals surface area contributed by atoms with E-state index in [2.05, 4.69) is 5.32 Å². The van der Waals surface area contributed by atoms with Crippen LogP contribution in [0, 0.1) is 5.92 Å². The monoisotopic (exact) mass is 367 g/mol. The minimum Gasteiger partial charge on any atom is -0.356 e. The minimum absolute atomic E-state index is 0.0828. The molecule has 7 nitrogen and oxygen atoms in total. The maximum atomic E-state index is 12.8. The third-order valence-corrected chi connectivity index (χ3v) is 6.27. The van der Waals surface area contributed by atoms with Crippen molar-refractivity contribution in [3.63, 3.8) is 0 Å². The van der Waals surface area contributed by atoms with Gasteiger partial charge in [-0.15, -0.1) is 0 Å². The van der Waals surface area contributed by atoms with E-state index in [9.17, 15) is 18.0 Å². The van der Waals surface area contributed by atoms with E-state index in [1.165, 1.54) is 21.3 Å². The number of carbonyl (C=O) groups excluding carboxylic acids is 2. The molecule has 2 amide bonds. The molecule has 2 rings (SSSR count). The highest BCUT2D eigenvalue weighted by Gasteiger charge is 2.35. The van der Waals surface area contributed by atoms with E-state index in [0.29, 0.717) is 31.6 Å². The van der Waals surface area contributed by atoms with Gasteiger partial charge >= 0.3 is 0 Å². The zero-order chi connectivity index (χ0) is 18.6. The lowest BCUT2D eigenvalue weighted by atomic mass is 10.1. The summed E-state index contributed by atoms with van der Waals surface area (Å²) in [5.41, 5.74) is 0.338. The van der Waals surface area contributed by atoms with Crippen LogP contribution in [0.5, 0.6) is 0 Å². The molecule has 1 aromatic carbocycles. The summed E-state index contributed by atoms with van der Waals surface area (Å²) in [6.07, 6.45) is 0.502. The van der Waals surface area contributed by atoms with Gasteiger partial charge in [0.15, 0.2) is 0 Å². The molecule has 1 aliphatic rings. The molecule has 0 spiro atoms. The molecule has 1 heterocycles. The molecule has 1 aromatic rings. The Hall–Kier alpha value is -1.93. The fraction of sp³-hybridized carbons (Fsp3) is 0.529. The molecule has 0 unspecified atom stereocenters. The maximum absolute atomic E-state index is 12.8. The highest BCUT2D eigenvalue weighted by atomic mass is 32.2. The van der Waals surface area contributed by atoms with Crippen LogP contribution in [0.4, 0.5) is 0 Å². The number of sulfonamides is 1. The van der Waals surface area contributed by atoms with Crippen LogP contribution >= 0.6 is 0 Å². The summed E-state index contributed by atoms with van der Waals surface area (Å²) in [5, 5.41) is 2.73. The van der Waals surface area contributed by atoms with Crippen LogP contribution in [-0.4, -0.2) is 62.7 Å². The number of nitrogens with zero attached hydrogens (tertiary/aromatic N) is 2. The van der Waals surface area contributed by atoms with Crippen LogP contribution in [-0.2, 0) is 14.8 Å². The van der Waals surface area contributed by atoms with Gasteiger partial charge in [-0.1, -0.05) is 6.07 Å². The highest BCUT2D eigenvalue weighted by Crippen LogP contribution is 2.25. The van der Waals surface area contributed by atoms with E-state index in [1.807, 2.05) is 13.8 Å². The average molecular weight is 367 g/mol. The largest absolute Gasteiger partial charge is 0.356 e. The molecular formula is C17H25N3O4S. The van der Waals surface area contributed by atoms with Crippen LogP contribution in [0.3, 0.4) is 0 Å². The van der Waals surface area contributed by atoms with Crippen molar-refractivity contribution >= 4 is 21.8 Å². The second-order valence-electron chi connectivity index (χ2n) is 6.09. The Morgan fingerprint density at radius 1 is 1.32 bits per heavy atom. The quantitative estimate of drug-likeness (QED) is 0.810. The number of amides is 2. The van der Waals surface area contributed by atoms with E-state index >= 15 is 0 Å². The first kappa shape index (κ1) is 19.4. The standard InChI is InChI=1S/C17H25N3O4S/c1-4-18-16(21)14-9-10-20(12-14)25(23,24)15-8-6-7-13(11-15)17(22)19(3)5-2/h6-8,11,14H,4-5,9-10,12H2,1-3H3,(H,18,21)/t14-/m1/s1. The normalized spacial score (nSPS) is 18.1. The fourth-order valence-corrected chi connectivity index (χ4v) is 4.33. The maximum Gasteiger partial charge on any atom is 0.253 e. The molecule has 1 N–H and O–H groups in total. The minimum atomic E-state index is -3.73. The number of carbonyl (C=O) groups is 2. The van der Waals surface area contributed by atoms with E-state index in [0.717, 1.165) is 0 Å². The molecule has 0 aliphatic carbocycles. The molecule has 1 fully saturated rings. The second-order valence-corrected chi connectivity index (χ2v) is 8.03. The smallest absolute Gasteiger partial charge is 0.253 e. The van der Waals surface area contributed by atoms with E-state index in [1.54, 1.807) is 19.2 Å². The van der Waals surface area contributed by atoms with Gasteiger partial charge in [0.1, 0.15) is 0 Å². The van der Waals surface area contributed by atoms with E-state index < -0.39 is 10.0 Å². The predicted octanol–water partition coefficient (Wildman–Crippen LogP) is 0.925. The molecule has 0 saturated carbocycles. The molecule has 1 atom stereocenters. The van der Waals surface area contributed by atoms with Gasteiger partial charge in [-0.25, -0.2) is 8.42 Å². The van der Waals surface area contributed by atoms with Crippen molar-refractivity contribution in [2.75, 3.05) is 33.2 Å². The van der Waals surface area contributed by atoms with Gasteiger partial charge in [-0.3, -0.25) is 9.59 Å². The number of rotatable bonds is 6. The molecule has 0 radical (unpaired) electrons. The highest BCUT2D eigenvalue weighted by molar-refractivity contribution is 7.89. The lowest BCUT2D eigenvalue weighted by Gasteiger charge is -2.18. The topological polar surface area (TPSA) is 86.8 Å². The summed E-state index contributed by atoms with van der Waals surface area (Å²) >= 11 is 0. The Kier molecular flexibility index (Phi) is 6.18. The van der Waals surface area contributed by atoms with Crippen molar-refractivity contribution in [3.05, 3.63) is 29.8 Å². The first-order valence-electron chi connectivity index (χ1n) is 8.44. The van der Waals surface area contributed by atoms with Crippen molar-refractivity contribution in [1.82, 2.24) is 14.5 Å². The molecule has 1 aliphatic heterocycles. The fourth-order valence-electron chi connectivity index (χ4n) is 2.78. The first-order valence-corrected chi connectivity index (χ1v) is 9.88. The first-order chi connectivity index (χ1) is 11.8. The Morgan fingerprint density at radius 3 is 2.68 bits per heavy atom. The lowest BCUT2D eigenvalue weighted by Crippen LogP contribution is -2.34. The third-order valence-electron chi connectivity index (χ3n) is 4.41. The van der Waals surface area contributed by atoms with E-state index in [-0.39, 0.29) is 29.2 Å². The summed E-state index contributed by atoms with van der Waals surface area (Å²) in [6.45, 7) is 5.22. The zero-order valence-electron chi connectivity index (χ0n) is 14.9. The van der Waals surface area contributed by atoms with Crippen molar-refractivity contribution in [2.45, 2.75) is 25.2 Å². The molecule has 8 heteroatoms. The van der Waals surface area contributed by atoms with Crippen LogP contribution in [0.15, 0.2) is 29.2 Å². The zero-order valence-corrected chi connectivity index (χ0v) is 15.7. The molecule has 138 valence electrons. The van der Waals surface area contributed by atoms with Crippen LogP contribution in [0.2, 0.25) is 0 Å². The summed E-state index contributed by atoms with van der Waals surface area (Å²) in [7, 11) is -2.06. The van der Waals surface area contributed by atoms with Crippen molar-refractivity contribution in [1.29, 1.82) is 0 Å². The van der Waals surface area contributed by atoms with Gasteiger partial charge in [0, 0.05) is 38.8 Å². The molecular weight excluding hydrogens is 342 g/mol. The molecule has 0 bridgehead atoms. The summed E-state index contributed by atoms with van der Waals surface area (Å²) in [4.78, 5) is 25.8. The van der Waals surface area contributed by atoms with Gasteiger partial charge < -0.3 is 10.2 Å². The average Bonchev–Trinajstić information content (AvgIpc) is 3.11. The van der Waals surface area contributed by atoms with Gasteiger partial charge in [0.25, 0.3) is 5.91 Å². The Morgan fingerprint density at radius 2 is 2.04 bits per heavy atom. The summed E-state index contributed by atoms with van der Waals surface area (Å²) in [5.74, 6) is -0.666. The van der Waals surface area contributed by atoms with Crippen molar-refractivity contribution < 1.29 is 18.0 Å². The Bertz CT molecular complexity index is 748. The van der Waals surface area contributed by atoms with Crippen LogP contribution in [0.1, 0.15) is 30.6 Å². The Balaban J connectivity index is 2.20. The van der Waals surface area contributed by atoms with Gasteiger partial charge in [0.05, 0.1) is 10.8 Å². The van der Waals surface area contributed by atoms with Gasteiger partial charge in [-0.2, -0.15) is 4.31 Å². The molecule has 0 aromatic heterocycles. The number of hydrogen-bond donors (Lipinski definition) is 1. The number of hydrogen-bond acceptors (Lipinski definition) is 4. The molecule has 1 saturated heterocycles. The number of nitrogens with one attached hydrogen (secondary N) is 1. The SMILES string of the molecule is CCNC(=O)[C@@H]1CCN(S(=O)(=O)c2cccc(C(=O)N(C)CC)c2)C1. The third kappa shape index (κ3) is 4.19. The Labute approximate surface area is 149 Å². The second kappa shape index (κ2) is 7.97. The van der Waals surface area contributed by atoms with Crippen LogP contribution < -0.4 is 5.32 Å². The van der Waals surface area contributed by atoms with Crippen molar-refractivity contribution in [2.24, 2.45) is 5.92 Å². The van der Waals surface area contributed by atoms with Crippen LogP contribution in [0.25, 0.3) is 0 Å². The predicted molar refractivity (Wildman–Crippen MR) is 94.6 cm³/mol. The lowest BCUT2D eigenvalue weighted by molar-refractivity contribution is -0.124. The van der Waals surface area contributed by atoms with Gasteiger partial charge in [0.2, 0.25) is 15.9 Å². The van der Waals surface area contributed by atoms with Gasteiger partial charge in [-0.05, 0) is 38.5 Å². The van der Waals surface area contributed by atoms with E-state index in [4.69, 9.17) is 0 Å². The number of benzene rings is 1. The van der Waals surface area contributed by atoms with Crippen molar-refractivity contribution in [3.8, 4) is 0 Å². The summed E-state index contributed by atoms with van der Waals surface area (Å²) in [6, 6.07) is 6.07.